The summed E-state index contributed by atoms with van der Waals surface area (Å²) in [6.45, 7) is 12.1. The lowest BCUT2D eigenvalue weighted by molar-refractivity contribution is 0.568. The van der Waals surface area contributed by atoms with Gasteiger partial charge in [-0.15, -0.1) is 0 Å². The zero-order valence-corrected chi connectivity index (χ0v) is 14.2. The van der Waals surface area contributed by atoms with Crippen molar-refractivity contribution in [3.8, 4) is 0 Å². The topological polar surface area (TPSA) is 28.2 Å². The van der Waals surface area contributed by atoms with E-state index < -0.39 is 0 Å². The van der Waals surface area contributed by atoms with Gasteiger partial charge in [-0.05, 0) is 55.8 Å². The van der Waals surface area contributed by atoms with Crippen molar-refractivity contribution in [2.45, 2.75) is 66.0 Å². The van der Waals surface area contributed by atoms with Gasteiger partial charge in [-0.1, -0.05) is 27.7 Å². The average Bonchev–Trinajstić information content (AvgIpc) is 3.29. The first-order valence-electron chi connectivity index (χ1n) is 8.61. The van der Waals surface area contributed by atoms with Crippen LogP contribution in [0.15, 0.2) is 12.1 Å². The molecule has 0 atom stereocenters. The Hall–Kier alpha value is -1.09. The van der Waals surface area contributed by atoms with E-state index in [1.54, 1.807) is 0 Å². The van der Waals surface area contributed by atoms with Crippen LogP contribution in [0.2, 0.25) is 0 Å². The van der Waals surface area contributed by atoms with Crippen LogP contribution < -0.4 is 10.2 Å². The number of nitrogens with one attached hydrogen (secondary N) is 1. The fourth-order valence-electron chi connectivity index (χ4n) is 2.60. The molecule has 1 aliphatic carbocycles. The largest absolute Gasteiger partial charge is 0.354 e. The molecule has 2 rings (SSSR count). The minimum atomic E-state index is 0.732. The van der Waals surface area contributed by atoms with Crippen LogP contribution in [0, 0.1) is 5.92 Å². The minimum Gasteiger partial charge on any atom is -0.354 e. The van der Waals surface area contributed by atoms with Gasteiger partial charge in [-0.3, -0.25) is 0 Å². The molecule has 1 aliphatic rings. The fraction of sp³-hybridized carbons (Fsp3) is 0.722. The Morgan fingerprint density at radius 1 is 1.29 bits per heavy atom. The Bertz CT molecular complexity index is 438. The molecule has 1 saturated carbocycles. The van der Waals surface area contributed by atoms with E-state index in [0.717, 1.165) is 38.0 Å². The zero-order chi connectivity index (χ0) is 15.2. The SMILES string of the molecule is CCNCc1cc(CC)nc(N(CCC(C)C)C2CC2)c1. The second-order valence-corrected chi connectivity index (χ2v) is 6.57. The average molecular weight is 289 g/mol. The monoisotopic (exact) mass is 289 g/mol. The third-order valence-electron chi connectivity index (χ3n) is 4.10. The quantitative estimate of drug-likeness (QED) is 0.750. The first kappa shape index (κ1) is 16.3. The van der Waals surface area contributed by atoms with Crippen LogP contribution >= 0.6 is 0 Å². The summed E-state index contributed by atoms with van der Waals surface area (Å²) < 4.78 is 0. The lowest BCUT2D eigenvalue weighted by atomic mass is 10.1. The number of anilines is 1. The lowest BCUT2D eigenvalue weighted by Crippen LogP contribution is -2.29. The van der Waals surface area contributed by atoms with Crippen molar-refractivity contribution in [1.29, 1.82) is 0 Å². The highest BCUT2D eigenvalue weighted by Gasteiger charge is 2.30. The maximum atomic E-state index is 4.90. The molecule has 1 N–H and O–H groups in total. The van der Waals surface area contributed by atoms with Crippen molar-refractivity contribution in [3.05, 3.63) is 23.4 Å². The summed E-state index contributed by atoms with van der Waals surface area (Å²) in [6.07, 6.45) is 4.92. The maximum Gasteiger partial charge on any atom is 0.129 e. The summed E-state index contributed by atoms with van der Waals surface area (Å²) in [5.41, 5.74) is 2.59. The van der Waals surface area contributed by atoms with E-state index in [-0.39, 0.29) is 0 Å². The van der Waals surface area contributed by atoms with Crippen LogP contribution in [0.25, 0.3) is 0 Å². The fourth-order valence-corrected chi connectivity index (χ4v) is 2.60. The zero-order valence-electron chi connectivity index (χ0n) is 14.2. The molecule has 1 aromatic rings. The standard InChI is InChI=1S/C18H31N3/c1-5-16-11-15(13-19-6-2)12-18(20-16)21(17-7-8-17)10-9-14(3)4/h11-12,14,17,19H,5-10,13H2,1-4H3. The molecular formula is C18H31N3. The van der Waals surface area contributed by atoms with Gasteiger partial charge >= 0.3 is 0 Å². The maximum absolute atomic E-state index is 4.90. The van der Waals surface area contributed by atoms with Crippen molar-refractivity contribution < 1.29 is 0 Å². The van der Waals surface area contributed by atoms with Gasteiger partial charge in [0.15, 0.2) is 0 Å². The summed E-state index contributed by atoms with van der Waals surface area (Å²) in [6, 6.07) is 5.27. The second-order valence-electron chi connectivity index (χ2n) is 6.57. The van der Waals surface area contributed by atoms with E-state index in [1.807, 2.05) is 0 Å². The van der Waals surface area contributed by atoms with Gasteiger partial charge < -0.3 is 10.2 Å². The number of rotatable bonds is 9. The van der Waals surface area contributed by atoms with Crippen LogP contribution in [0.4, 0.5) is 5.82 Å². The van der Waals surface area contributed by atoms with E-state index in [1.165, 1.54) is 36.3 Å². The molecule has 3 nitrogen and oxygen atoms in total. The van der Waals surface area contributed by atoms with Gasteiger partial charge in [0, 0.05) is 24.8 Å². The van der Waals surface area contributed by atoms with E-state index in [9.17, 15) is 0 Å². The highest BCUT2D eigenvalue weighted by Crippen LogP contribution is 2.32. The third kappa shape index (κ3) is 4.99. The van der Waals surface area contributed by atoms with Crippen LogP contribution in [0.5, 0.6) is 0 Å². The molecule has 0 aromatic carbocycles. The molecule has 0 unspecified atom stereocenters. The first-order valence-corrected chi connectivity index (χ1v) is 8.61. The van der Waals surface area contributed by atoms with Crippen LogP contribution in [-0.2, 0) is 13.0 Å². The summed E-state index contributed by atoms with van der Waals surface area (Å²) >= 11 is 0. The van der Waals surface area contributed by atoms with E-state index >= 15 is 0 Å². The summed E-state index contributed by atoms with van der Waals surface area (Å²) in [5.74, 6) is 1.95. The number of aromatic nitrogens is 1. The van der Waals surface area contributed by atoms with Crippen molar-refractivity contribution in [3.63, 3.8) is 0 Å². The van der Waals surface area contributed by atoms with Crippen LogP contribution in [0.3, 0.4) is 0 Å². The molecule has 0 bridgehead atoms. The molecule has 1 aromatic heterocycles. The van der Waals surface area contributed by atoms with Gasteiger partial charge in [-0.2, -0.15) is 0 Å². The van der Waals surface area contributed by atoms with E-state index in [2.05, 4.69) is 50.0 Å². The highest BCUT2D eigenvalue weighted by atomic mass is 15.2. The Morgan fingerprint density at radius 2 is 2.05 bits per heavy atom. The molecule has 0 saturated heterocycles. The summed E-state index contributed by atoms with van der Waals surface area (Å²) in [7, 11) is 0. The van der Waals surface area contributed by atoms with E-state index in [4.69, 9.17) is 4.98 Å². The van der Waals surface area contributed by atoms with Gasteiger partial charge in [0.2, 0.25) is 0 Å². The number of aryl methyl sites for hydroxylation is 1. The van der Waals surface area contributed by atoms with Crippen molar-refractivity contribution >= 4 is 5.82 Å². The molecule has 0 amide bonds. The Balaban J connectivity index is 2.17. The first-order chi connectivity index (χ1) is 10.1. The number of hydrogen-bond acceptors (Lipinski definition) is 3. The molecule has 1 heterocycles. The number of hydrogen-bond donors (Lipinski definition) is 1. The van der Waals surface area contributed by atoms with Crippen LogP contribution in [0.1, 0.15) is 58.2 Å². The minimum absolute atomic E-state index is 0.732. The molecule has 3 heteroatoms. The molecule has 21 heavy (non-hydrogen) atoms. The Morgan fingerprint density at radius 3 is 2.62 bits per heavy atom. The van der Waals surface area contributed by atoms with Crippen molar-refractivity contribution in [2.75, 3.05) is 18.0 Å². The molecule has 0 spiro atoms. The van der Waals surface area contributed by atoms with Crippen LogP contribution in [-0.4, -0.2) is 24.1 Å². The Labute approximate surface area is 130 Å². The van der Waals surface area contributed by atoms with Gasteiger partial charge in [-0.25, -0.2) is 4.98 Å². The summed E-state index contributed by atoms with van der Waals surface area (Å²) in [4.78, 5) is 7.45. The molecule has 0 aliphatic heterocycles. The Kier molecular flexibility index (Phi) is 6.04. The molecular weight excluding hydrogens is 258 g/mol. The lowest BCUT2D eigenvalue weighted by Gasteiger charge is -2.25. The normalized spacial score (nSPS) is 14.7. The highest BCUT2D eigenvalue weighted by molar-refractivity contribution is 5.45. The second kappa shape index (κ2) is 7.79. The van der Waals surface area contributed by atoms with E-state index in [0.29, 0.717) is 0 Å². The molecule has 1 fully saturated rings. The third-order valence-corrected chi connectivity index (χ3v) is 4.10. The van der Waals surface area contributed by atoms with Crippen molar-refractivity contribution in [2.24, 2.45) is 5.92 Å². The van der Waals surface area contributed by atoms with Gasteiger partial charge in [0.1, 0.15) is 5.82 Å². The number of pyridine rings is 1. The molecule has 0 radical (unpaired) electrons. The predicted molar refractivity (Wildman–Crippen MR) is 90.8 cm³/mol. The number of nitrogens with zero attached hydrogens (tertiary/aromatic N) is 2. The van der Waals surface area contributed by atoms with Gasteiger partial charge in [0.25, 0.3) is 0 Å². The smallest absolute Gasteiger partial charge is 0.129 e. The van der Waals surface area contributed by atoms with Gasteiger partial charge in [0.05, 0.1) is 0 Å². The summed E-state index contributed by atoms with van der Waals surface area (Å²) in [5, 5.41) is 3.43. The predicted octanol–water partition coefficient (Wildman–Crippen LogP) is 3.77. The van der Waals surface area contributed by atoms with Crippen molar-refractivity contribution in [1.82, 2.24) is 10.3 Å². The molecule has 118 valence electrons.